The summed E-state index contributed by atoms with van der Waals surface area (Å²) in [6.07, 6.45) is 0.809. The minimum Gasteiger partial charge on any atom is -0.494 e. The highest BCUT2D eigenvalue weighted by atomic mass is 16.5. The van der Waals surface area contributed by atoms with Gasteiger partial charge in [0.15, 0.2) is 12.0 Å². The molecular weight excluding hydrogens is 190 g/mol. The van der Waals surface area contributed by atoms with E-state index in [0.29, 0.717) is 11.3 Å². The number of aldehydes is 1. The van der Waals surface area contributed by atoms with Crippen molar-refractivity contribution in [2.24, 2.45) is 0 Å². The highest BCUT2D eigenvalue weighted by Gasteiger charge is 2.12. The molecule has 0 saturated heterocycles. The fraction of sp³-hybridized carbons (Fsp3) is 0.250. The summed E-state index contributed by atoms with van der Waals surface area (Å²) in [4.78, 5) is 14.1. The molecule has 1 aromatic carbocycles. The van der Waals surface area contributed by atoms with Crippen molar-refractivity contribution in [3.63, 3.8) is 0 Å². The summed E-state index contributed by atoms with van der Waals surface area (Å²) in [5.74, 6) is 0.624. The summed E-state index contributed by atoms with van der Waals surface area (Å²) in [5.41, 5.74) is 3.77. The first-order valence-electron chi connectivity index (χ1n) is 4.80. The molecule has 0 aliphatic rings. The molecule has 0 aliphatic heterocycles. The van der Waals surface area contributed by atoms with Crippen molar-refractivity contribution < 1.29 is 9.53 Å². The number of fused-ring (bicyclic) bond motifs is 1. The Bertz CT molecular complexity index is 526. The highest BCUT2D eigenvalue weighted by Crippen LogP contribution is 2.31. The summed E-state index contributed by atoms with van der Waals surface area (Å²) in [6.45, 7) is 4.06. The van der Waals surface area contributed by atoms with Crippen LogP contribution < -0.4 is 4.74 Å². The van der Waals surface area contributed by atoms with Crippen molar-refractivity contribution >= 4 is 17.2 Å². The minimum atomic E-state index is 0.575. The lowest BCUT2D eigenvalue weighted by Crippen LogP contribution is -1.91. The normalized spacial score (nSPS) is 10.6. The Morgan fingerprint density at radius 1 is 1.33 bits per heavy atom. The third-order valence-corrected chi connectivity index (χ3v) is 2.80. The van der Waals surface area contributed by atoms with E-state index in [9.17, 15) is 4.79 Å². The van der Waals surface area contributed by atoms with Crippen molar-refractivity contribution in [3.8, 4) is 5.75 Å². The van der Waals surface area contributed by atoms with E-state index in [-0.39, 0.29) is 0 Å². The van der Waals surface area contributed by atoms with Gasteiger partial charge in [-0.1, -0.05) is 6.07 Å². The van der Waals surface area contributed by atoms with Crippen molar-refractivity contribution in [3.05, 3.63) is 29.0 Å². The van der Waals surface area contributed by atoms with Gasteiger partial charge in [-0.15, -0.1) is 0 Å². The standard InChI is InChI=1S/C12H13NO2/c1-7-8(2)13-11-10(7)5-4-9(6-14)12(11)15-3/h4-6,13H,1-3H3. The second-order valence-electron chi connectivity index (χ2n) is 3.60. The van der Waals surface area contributed by atoms with Crippen LogP contribution in [0.25, 0.3) is 10.9 Å². The molecule has 1 heterocycles. The number of ether oxygens (including phenoxy) is 1. The Hall–Kier alpha value is -1.77. The molecule has 3 nitrogen and oxygen atoms in total. The Morgan fingerprint density at radius 3 is 2.67 bits per heavy atom. The lowest BCUT2D eigenvalue weighted by atomic mass is 10.1. The van der Waals surface area contributed by atoms with Crippen LogP contribution in [-0.2, 0) is 0 Å². The molecule has 0 saturated carbocycles. The molecule has 0 atom stereocenters. The maximum atomic E-state index is 10.8. The van der Waals surface area contributed by atoms with Crippen molar-refractivity contribution in [1.82, 2.24) is 4.98 Å². The Kier molecular flexibility index (Phi) is 2.23. The highest BCUT2D eigenvalue weighted by molar-refractivity contribution is 5.96. The molecule has 15 heavy (non-hydrogen) atoms. The first kappa shape index (κ1) is 9.77. The van der Waals surface area contributed by atoms with Gasteiger partial charge < -0.3 is 9.72 Å². The topological polar surface area (TPSA) is 42.1 Å². The number of rotatable bonds is 2. The Balaban J connectivity index is 2.88. The number of hydrogen-bond acceptors (Lipinski definition) is 2. The number of aryl methyl sites for hydroxylation is 2. The third-order valence-electron chi connectivity index (χ3n) is 2.80. The van der Waals surface area contributed by atoms with Crippen LogP contribution in [0, 0.1) is 13.8 Å². The lowest BCUT2D eigenvalue weighted by Gasteiger charge is -2.04. The second kappa shape index (κ2) is 3.42. The molecular formula is C12H13NO2. The largest absolute Gasteiger partial charge is 0.494 e. The van der Waals surface area contributed by atoms with Crippen LogP contribution in [-0.4, -0.2) is 18.4 Å². The first-order valence-corrected chi connectivity index (χ1v) is 4.80. The summed E-state index contributed by atoms with van der Waals surface area (Å²) >= 11 is 0. The zero-order chi connectivity index (χ0) is 11.0. The van der Waals surface area contributed by atoms with Crippen molar-refractivity contribution in [1.29, 1.82) is 0 Å². The van der Waals surface area contributed by atoms with Gasteiger partial charge in [0.2, 0.25) is 0 Å². The van der Waals surface area contributed by atoms with E-state index in [0.717, 1.165) is 22.9 Å². The number of H-pyrrole nitrogens is 1. The predicted octanol–water partition coefficient (Wildman–Crippen LogP) is 2.61. The molecule has 0 bridgehead atoms. The van der Waals surface area contributed by atoms with Crippen LogP contribution in [0.3, 0.4) is 0 Å². The van der Waals surface area contributed by atoms with Gasteiger partial charge >= 0.3 is 0 Å². The maximum Gasteiger partial charge on any atom is 0.153 e. The summed E-state index contributed by atoms with van der Waals surface area (Å²) < 4.78 is 5.26. The van der Waals surface area contributed by atoms with E-state index < -0.39 is 0 Å². The quantitative estimate of drug-likeness (QED) is 0.762. The van der Waals surface area contributed by atoms with Gasteiger partial charge in [0.1, 0.15) is 0 Å². The molecule has 2 aromatic rings. The molecule has 2 rings (SSSR count). The van der Waals surface area contributed by atoms with Gasteiger partial charge in [-0.25, -0.2) is 0 Å². The van der Waals surface area contributed by atoms with Gasteiger partial charge in [0, 0.05) is 11.1 Å². The Labute approximate surface area is 88.1 Å². The second-order valence-corrected chi connectivity index (χ2v) is 3.60. The van der Waals surface area contributed by atoms with E-state index in [1.165, 1.54) is 5.56 Å². The monoisotopic (exact) mass is 203 g/mol. The molecule has 0 amide bonds. The predicted molar refractivity (Wildman–Crippen MR) is 59.7 cm³/mol. The zero-order valence-corrected chi connectivity index (χ0v) is 9.05. The minimum absolute atomic E-state index is 0.575. The number of carbonyl (C=O) groups excluding carboxylic acids is 1. The van der Waals surface area contributed by atoms with E-state index in [2.05, 4.69) is 4.98 Å². The summed E-state index contributed by atoms with van der Waals surface area (Å²) in [7, 11) is 1.58. The lowest BCUT2D eigenvalue weighted by molar-refractivity contribution is 0.112. The molecule has 0 unspecified atom stereocenters. The van der Waals surface area contributed by atoms with Crippen LogP contribution >= 0.6 is 0 Å². The van der Waals surface area contributed by atoms with Gasteiger partial charge in [-0.05, 0) is 25.5 Å². The molecule has 0 spiro atoms. The fourth-order valence-corrected chi connectivity index (χ4v) is 1.83. The summed E-state index contributed by atoms with van der Waals surface area (Å²) in [5, 5.41) is 1.11. The molecule has 0 aliphatic carbocycles. The molecule has 3 heteroatoms. The number of methoxy groups -OCH3 is 1. The van der Waals surface area contributed by atoms with E-state index in [4.69, 9.17) is 4.74 Å². The van der Waals surface area contributed by atoms with Gasteiger partial charge in [-0.3, -0.25) is 4.79 Å². The van der Waals surface area contributed by atoms with Gasteiger partial charge in [0.05, 0.1) is 18.2 Å². The van der Waals surface area contributed by atoms with Gasteiger partial charge in [0.25, 0.3) is 0 Å². The number of aromatic amines is 1. The van der Waals surface area contributed by atoms with Crippen LogP contribution in [0.4, 0.5) is 0 Å². The van der Waals surface area contributed by atoms with E-state index in [1.807, 2.05) is 19.9 Å². The van der Waals surface area contributed by atoms with Crippen LogP contribution in [0.2, 0.25) is 0 Å². The molecule has 78 valence electrons. The average molecular weight is 203 g/mol. The number of aromatic nitrogens is 1. The van der Waals surface area contributed by atoms with E-state index >= 15 is 0 Å². The molecule has 0 fully saturated rings. The number of benzene rings is 1. The number of nitrogens with one attached hydrogen (secondary N) is 1. The van der Waals surface area contributed by atoms with Crippen molar-refractivity contribution in [2.45, 2.75) is 13.8 Å². The average Bonchev–Trinajstić information content (AvgIpc) is 2.54. The smallest absolute Gasteiger partial charge is 0.153 e. The maximum absolute atomic E-state index is 10.8. The number of carbonyl (C=O) groups is 1. The summed E-state index contributed by atoms with van der Waals surface area (Å²) in [6, 6.07) is 3.73. The van der Waals surface area contributed by atoms with Crippen LogP contribution in [0.1, 0.15) is 21.6 Å². The van der Waals surface area contributed by atoms with Crippen molar-refractivity contribution in [2.75, 3.05) is 7.11 Å². The molecule has 1 N–H and O–H groups in total. The Morgan fingerprint density at radius 2 is 2.07 bits per heavy atom. The first-order chi connectivity index (χ1) is 7.19. The molecule has 1 aromatic heterocycles. The van der Waals surface area contributed by atoms with Gasteiger partial charge in [-0.2, -0.15) is 0 Å². The fourth-order valence-electron chi connectivity index (χ4n) is 1.83. The SMILES string of the molecule is COc1c(C=O)ccc2c(C)c(C)[nH]c12. The third kappa shape index (κ3) is 1.31. The number of hydrogen-bond donors (Lipinski definition) is 1. The van der Waals surface area contributed by atoms with Crippen LogP contribution in [0.5, 0.6) is 5.75 Å². The molecule has 0 radical (unpaired) electrons. The van der Waals surface area contributed by atoms with E-state index in [1.54, 1.807) is 13.2 Å². The zero-order valence-electron chi connectivity index (χ0n) is 9.05. The van der Waals surface area contributed by atoms with Crippen LogP contribution in [0.15, 0.2) is 12.1 Å².